The number of nitrogens with one attached hydrogen (secondary N) is 1. The van der Waals surface area contributed by atoms with Crippen molar-refractivity contribution in [1.82, 2.24) is 15.1 Å². The van der Waals surface area contributed by atoms with Crippen LogP contribution in [0.25, 0.3) is 0 Å². The van der Waals surface area contributed by atoms with Gasteiger partial charge >= 0.3 is 0 Å². The van der Waals surface area contributed by atoms with E-state index in [1.54, 1.807) is 0 Å². The molecule has 4 heteroatoms. The molecule has 3 heterocycles. The highest BCUT2D eigenvalue weighted by Crippen LogP contribution is 2.34. The molecule has 3 aliphatic heterocycles. The van der Waals surface area contributed by atoms with Gasteiger partial charge in [0.15, 0.2) is 0 Å². The number of piperidine rings is 3. The average molecular weight is 364 g/mol. The van der Waals surface area contributed by atoms with Crippen molar-refractivity contribution in [2.45, 2.75) is 83.0 Å². The maximum atomic E-state index is 6.47. The molecule has 150 valence electrons. The Balaban J connectivity index is 1.09. The molecule has 26 heavy (non-hydrogen) atoms. The van der Waals surface area contributed by atoms with Crippen molar-refractivity contribution in [3.05, 3.63) is 0 Å². The Hall–Kier alpha value is -0.160. The molecule has 0 aromatic heterocycles. The molecule has 0 radical (unpaired) electrons. The lowest BCUT2D eigenvalue weighted by Crippen LogP contribution is -2.52. The fourth-order valence-electron chi connectivity index (χ4n) is 5.60. The highest BCUT2D eigenvalue weighted by molar-refractivity contribution is 4.91. The zero-order valence-electron chi connectivity index (χ0n) is 17.0. The summed E-state index contributed by atoms with van der Waals surface area (Å²) in [6.07, 6.45) is 13.2. The maximum absolute atomic E-state index is 6.47. The minimum Gasteiger partial charge on any atom is -0.375 e. The van der Waals surface area contributed by atoms with Crippen LogP contribution < -0.4 is 5.32 Å². The van der Waals surface area contributed by atoms with E-state index in [1.807, 2.05) is 0 Å². The van der Waals surface area contributed by atoms with Crippen molar-refractivity contribution in [3.63, 3.8) is 0 Å². The smallest absolute Gasteiger partial charge is 0.0608 e. The molecule has 1 aliphatic carbocycles. The van der Waals surface area contributed by atoms with Crippen molar-refractivity contribution < 1.29 is 4.74 Å². The molecule has 0 bridgehead atoms. The van der Waals surface area contributed by atoms with Gasteiger partial charge in [-0.1, -0.05) is 13.3 Å². The average Bonchev–Trinajstić information content (AvgIpc) is 2.67. The van der Waals surface area contributed by atoms with Crippen molar-refractivity contribution >= 4 is 0 Å². The highest BCUT2D eigenvalue weighted by atomic mass is 16.5. The minimum absolute atomic E-state index is 0.538. The van der Waals surface area contributed by atoms with Gasteiger partial charge in [-0.15, -0.1) is 0 Å². The molecule has 0 unspecified atom stereocenters. The molecule has 1 N–H and O–H groups in total. The van der Waals surface area contributed by atoms with E-state index in [1.165, 1.54) is 104 Å². The van der Waals surface area contributed by atoms with E-state index in [0.29, 0.717) is 12.2 Å². The lowest BCUT2D eigenvalue weighted by molar-refractivity contribution is -0.107. The van der Waals surface area contributed by atoms with E-state index in [2.05, 4.69) is 22.0 Å². The van der Waals surface area contributed by atoms with Crippen LogP contribution in [0.1, 0.15) is 64.7 Å². The van der Waals surface area contributed by atoms with E-state index in [4.69, 9.17) is 4.74 Å². The summed E-state index contributed by atoms with van der Waals surface area (Å²) in [5.41, 5.74) is 0. The minimum atomic E-state index is 0.538. The van der Waals surface area contributed by atoms with Crippen LogP contribution in [0.4, 0.5) is 0 Å². The summed E-state index contributed by atoms with van der Waals surface area (Å²) in [6.45, 7) is 11.3. The second-order valence-electron chi connectivity index (χ2n) is 9.46. The standard InChI is InChI=1S/C22H41N3O/c1-2-18-5-13-25(14-6-18)20-15-22(16-20)26-21-7-11-24(12-8-21)17-19-3-9-23-10-4-19/h18-23H,2-17H2,1H3. The topological polar surface area (TPSA) is 27.7 Å². The molecule has 4 fully saturated rings. The third-order valence-corrected chi connectivity index (χ3v) is 7.71. The molecule has 4 nitrogen and oxygen atoms in total. The molecule has 0 spiro atoms. The highest BCUT2D eigenvalue weighted by Gasteiger charge is 2.37. The summed E-state index contributed by atoms with van der Waals surface area (Å²) in [5, 5.41) is 3.48. The van der Waals surface area contributed by atoms with Gasteiger partial charge in [0.2, 0.25) is 0 Å². The summed E-state index contributed by atoms with van der Waals surface area (Å²) in [6, 6.07) is 0.831. The fraction of sp³-hybridized carbons (Fsp3) is 1.00. The SMILES string of the molecule is CCC1CCN(C2CC(OC3CCN(CC4CCNCC4)CC3)C2)CC1. The number of nitrogens with zero attached hydrogens (tertiary/aromatic N) is 2. The molecule has 4 aliphatic rings. The third-order valence-electron chi connectivity index (χ3n) is 7.71. The van der Waals surface area contributed by atoms with E-state index >= 15 is 0 Å². The molecule has 1 saturated carbocycles. The van der Waals surface area contributed by atoms with Crippen molar-refractivity contribution in [3.8, 4) is 0 Å². The van der Waals surface area contributed by atoms with Gasteiger partial charge < -0.3 is 19.9 Å². The Kier molecular flexibility index (Phi) is 6.90. The number of hydrogen-bond donors (Lipinski definition) is 1. The van der Waals surface area contributed by atoms with Gasteiger partial charge in [-0.05, 0) is 89.4 Å². The molecular formula is C22H41N3O. The molecule has 0 amide bonds. The predicted molar refractivity (Wildman–Crippen MR) is 108 cm³/mol. The zero-order valence-corrected chi connectivity index (χ0v) is 17.0. The Morgan fingerprint density at radius 1 is 0.808 bits per heavy atom. The molecular weight excluding hydrogens is 322 g/mol. The molecule has 3 saturated heterocycles. The first kappa shape index (κ1) is 19.2. The molecule has 0 aromatic rings. The van der Waals surface area contributed by atoms with Crippen LogP contribution in [0.15, 0.2) is 0 Å². The van der Waals surface area contributed by atoms with Crippen LogP contribution in [-0.4, -0.2) is 73.9 Å². The molecule has 0 aromatic carbocycles. The van der Waals surface area contributed by atoms with Crippen LogP contribution in [0.3, 0.4) is 0 Å². The maximum Gasteiger partial charge on any atom is 0.0608 e. The van der Waals surface area contributed by atoms with Crippen LogP contribution in [0.2, 0.25) is 0 Å². The third kappa shape index (κ3) is 5.01. The Morgan fingerprint density at radius 2 is 1.50 bits per heavy atom. The Labute approximate surface area is 161 Å². The van der Waals surface area contributed by atoms with Crippen molar-refractivity contribution in [1.29, 1.82) is 0 Å². The summed E-state index contributed by atoms with van der Waals surface area (Å²) >= 11 is 0. The first-order valence-electron chi connectivity index (χ1n) is 11.6. The monoisotopic (exact) mass is 363 g/mol. The van der Waals surface area contributed by atoms with E-state index in [0.717, 1.165) is 17.9 Å². The fourth-order valence-corrected chi connectivity index (χ4v) is 5.60. The van der Waals surface area contributed by atoms with E-state index in [-0.39, 0.29) is 0 Å². The van der Waals surface area contributed by atoms with Gasteiger partial charge in [-0.2, -0.15) is 0 Å². The first-order chi connectivity index (χ1) is 12.8. The molecule has 4 rings (SSSR count). The van der Waals surface area contributed by atoms with Gasteiger partial charge in [0, 0.05) is 25.7 Å². The summed E-state index contributed by atoms with van der Waals surface area (Å²) in [4.78, 5) is 5.46. The second kappa shape index (κ2) is 9.36. The van der Waals surface area contributed by atoms with Crippen LogP contribution in [0, 0.1) is 11.8 Å². The largest absolute Gasteiger partial charge is 0.375 e. The zero-order chi connectivity index (χ0) is 17.8. The number of rotatable bonds is 6. The van der Waals surface area contributed by atoms with Gasteiger partial charge in [-0.3, -0.25) is 0 Å². The Bertz CT molecular complexity index is 404. The van der Waals surface area contributed by atoms with E-state index in [9.17, 15) is 0 Å². The lowest BCUT2D eigenvalue weighted by atomic mass is 9.84. The summed E-state index contributed by atoms with van der Waals surface area (Å²) in [7, 11) is 0. The Morgan fingerprint density at radius 3 is 2.15 bits per heavy atom. The first-order valence-corrected chi connectivity index (χ1v) is 11.6. The number of likely N-dealkylation sites (tertiary alicyclic amines) is 2. The number of ether oxygens (including phenoxy) is 1. The van der Waals surface area contributed by atoms with Gasteiger partial charge in [0.25, 0.3) is 0 Å². The lowest BCUT2D eigenvalue weighted by Gasteiger charge is -2.47. The van der Waals surface area contributed by atoms with Gasteiger partial charge in [0.05, 0.1) is 12.2 Å². The summed E-state index contributed by atoms with van der Waals surface area (Å²) in [5.74, 6) is 1.92. The molecule has 0 atom stereocenters. The van der Waals surface area contributed by atoms with Gasteiger partial charge in [-0.25, -0.2) is 0 Å². The van der Waals surface area contributed by atoms with Crippen molar-refractivity contribution in [2.24, 2.45) is 11.8 Å². The number of hydrogen-bond acceptors (Lipinski definition) is 4. The van der Waals surface area contributed by atoms with E-state index < -0.39 is 0 Å². The second-order valence-corrected chi connectivity index (χ2v) is 9.46. The van der Waals surface area contributed by atoms with Crippen LogP contribution in [0.5, 0.6) is 0 Å². The van der Waals surface area contributed by atoms with Crippen molar-refractivity contribution in [2.75, 3.05) is 45.8 Å². The quantitative estimate of drug-likeness (QED) is 0.785. The summed E-state index contributed by atoms with van der Waals surface area (Å²) < 4.78 is 6.47. The van der Waals surface area contributed by atoms with Gasteiger partial charge in [0.1, 0.15) is 0 Å². The van der Waals surface area contributed by atoms with Crippen LogP contribution in [-0.2, 0) is 4.74 Å². The normalized spacial score (nSPS) is 34.0. The van der Waals surface area contributed by atoms with Crippen LogP contribution >= 0.6 is 0 Å². The predicted octanol–water partition coefficient (Wildman–Crippen LogP) is 3.12.